The Labute approximate surface area is 75.1 Å². The molecule has 2 heteroatoms. The van der Waals surface area contributed by atoms with Crippen molar-refractivity contribution in [3.63, 3.8) is 0 Å². The van der Waals surface area contributed by atoms with E-state index in [0.717, 1.165) is 12.0 Å². The molecule has 1 heterocycles. The van der Waals surface area contributed by atoms with E-state index in [4.69, 9.17) is 0 Å². The Morgan fingerprint density at radius 1 is 1.50 bits per heavy atom. The molecule has 0 bridgehead atoms. The van der Waals surface area contributed by atoms with E-state index in [1.54, 1.807) is 0 Å². The van der Waals surface area contributed by atoms with Crippen molar-refractivity contribution in [3.8, 4) is 0 Å². The topological polar surface area (TPSA) is 24.1 Å². The zero-order valence-corrected chi connectivity index (χ0v) is 8.19. The van der Waals surface area contributed by atoms with E-state index in [9.17, 15) is 0 Å². The van der Waals surface area contributed by atoms with Crippen LogP contribution in [0.25, 0.3) is 0 Å². The second kappa shape index (κ2) is 3.00. The zero-order chi connectivity index (χ0) is 8.60. The molecule has 2 unspecified atom stereocenters. The summed E-state index contributed by atoms with van der Waals surface area (Å²) < 4.78 is 0. The van der Waals surface area contributed by atoms with Crippen molar-refractivity contribution in [1.29, 1.82) is 0 Å². The molecule has 0 amide bonds. The van der Waals surface area contributed by atoms with Gasteiger partial charge in [0, 0.05) is 6.04 Å². The van der Waals surface area contributed by atoms with Gasteiger partial charge in [0.2, 0.25) is 0 Å². The normalized spacial score (nSPS) is 38.5. The van der Waals surface area contributed by atoms with Gasteiger partial charge in [0.15, 0.2) is 0 Å². The zero-order valence-electron chi connectivity index (χ0n) is 8.19. The third-order valence-electron chi connectivity index (χ3n) is 3.33. The largest absolute Gasteiger partial charge is 0.316 e. The standard InChI is InChI=1S/C10H20N2/c1-10(2)5-9(10)12-7-8-3-4-11-6-8/h8-9,11-12H,3-7H2,1-2H3. The molecule has 2 atom stereocenters. The van der Waals surface area contributed by atoms with Crippen LogP contribution in [0.5, 0.6) is 0 Å². The summed E-state index contributed by atoms with van der Waals surface area (Å²) in [7, 11) is 0. The molecular formula is C10H20N2. The Morgan fingerprint density at radius 2 is 2.25 bits per heavy atom. The summed E-state index contributed by atoms with van der Waals surface area (Å²) in [6, 6.07) is 0.804. The van der Waals surface area contributed by atoms with Crippen molar-refractivity contribution in [2.75, 3.05) is 19.6 Å². The predicted octanol–water partition coefficient (Wildman–Crippen LogP) is 0.984. The minimum atomic E-state index is 0.589. The van der Waals surface area contributed by atoms with Gasteiger partial charge in [-0.05, 0) is 43.8 Å². The lowest BCUT2D eigenvalue weighted by atomic mass is 10.1. The van der Waals surface area contributed by atoms with Crippen LogP contribution in [0.15, 0.2) is 0 Å². The first-order valence-corrected chi connectivity index (χ1v) is 5.12. The fourth-order valence-electron chi connectivity index (χ4n) is 2.01. The first kappa shape index (κ1) is 8.52. The molecule has 1 saturated carbocycles. The van der Waals surface area contributed by atoms with Gasteiger partial charge >= 0.3 is 0 Å². The van der Waals surface area contributed by atoms with Crippen LogP contribution in [-0.4, -0.2) is 25.7 Å². The Kier molecular flexibility index (Phi) is 2.13. The van der Waals surface area contributed by atoms with E-state index in [2.05, 4.69) is 24.5 Å². The van der Waals surface area contributed by atoms with Gasteiger partial charge in [-0.25, -0.2) is 0 Å². The summed E-state index contributed by atoms with van der Waals surface area (Å²) in [5.74, 6) is 0.890. The minimum absolute atomic E-state index is 0.589. The first-order valence-electron chi connectivity index (χ1n) is 5.12. The van der Waals surface area contributed by atoms with Gasteiger partial charge in [-0.2, -0.15) is 0 Å². The molecule has 2 aliphatic rings. The van der Waals surface area contributed by atoms with E-state index in [0.29, 0.717) is 5.41 Å². The Morgan fingerprint density at radius 3 is 2.75 bits per heavy atom. The molecule has 2 rings (SSSR count). The molecule has 12 heavy (non-hydrogen) atoms. The number of hydrogen-bond acceptors (Lipinski definition) is 2. The Balaban J connectivity index is 1.63. The summed E-state index contributed by atoms with van der Waals surface area (Å²) in [6.07, 6.45) is 2.73. The average molecular weight is 168 g/mol. The van der Waals surface area contributed by atoms with Crippen LogP contribution in [0, 0.1) is 11.3 Å². The van der Waals surface area contributed by atoms with Gasteiger partial charge < -0.3 is 10.6 Å². The van der Waals surface area contributed by atoms with Crippen LogP contribution in [-0.2, 0) is 0 Å². The van der Waals surface area contributed by atoms with Crippen LogP contribution < -0.4 is 10.6 Å². The molecule has 0 aromatic heterocycles. The monoisotopic (exact) mass is 168 g/mol. The molecule has 1 aliphatic heterocycles. The van der Waals surface area contributed by atoms with Crippen LogP contribution in [0.1, 0.15) is 26.7 Å². The smallest absolute Gasteiger partial charge is 0.0125 e. The summed E-state index contributed by atoms with van der Waals surface area (Å²) >= 11 is 0. The van der Waals surface area contributed by atoms with Gasteiger partial charge in [-0.3, -0.25) is 0 Å². The third kappa shape index (κ3) is 1.80. The van der Waals surface area contributed by atoms with E-state index < -0.39 is 0 Å². The van der Waals surface area contributed by atoms with Crippen molar-refractivity contribution in [1.82, 2.24) is 10.6 Å². The van der Waals surface area contributed by atoms with Crippen LogP contribution in [0.3, 0.4) is 0 Å². The third-order valence-corrected chi connectivity index (χ3v) is 3.33. The molecule has 0 aromatic rings. The lowest BCUT2D eigenvalue weighted by Gasteiger charge is -2.10. The molecule has 2 fully saturated rings. The molecule has 70 valence electrons. The second-order valence-electron chi connectivity index (χ2n) is 5.01. The van der Waals surface area contributed by atoms with Crippen molar-refractivity contribution < 1.29 is 0 Å². The van der Waals surface area contributed by atoms with Gasteiger partial charge in [-0.15, -0.1) is 0 Å². The number of nitrogens with one attached hydrogen (secondary N) is 2. The highest BCUT2D eigenvalue weighted by molar-refractivity contribution is 5.01. The van der Waals surface area contributed by atoms with Crippen molar-refractivity contribution in [3.05, 3.63) is 0 Å². The molecular weight excluding hydrogens is 148 g/mol. The Hall–Kier alpha value is -0.0800. The molecule has 2 N–H and O–H groups in total. The average Bonchev–Trinajstić information content (AvgIpc) is 2.54. The van der Waals surface area contributed by atoms with Crippen molar-refractivity contribution in [2.24, 2.45) is 11.3 Å². The molecule has 1 aliphatic carbocycles. The first-order chi connectivity index (χ1) is 5.68. The maximum absolute atomic E-state index is 3.65. The molecule has 1 saturated heterocycles. The van der Waals surface area contributed by atoms with Crippen molar-refractivity contribution >= 4 is 0 Å². The quantitative estimate of drug-likeness (QED) is 0.656. The molecule has 0 aromatic carbocycles. The van der Waals surface area contributed by atoms with E-state index in [-0.39, 0.29) is 0 Å². The fraction of sp³-hybridized carbons (Fsp3) is 1.00. The maximum atomic E-state index is 3.65. The van der Waals surface area contributed by atoms with Crippen molar-refractivity contribution in [2.45, 2.75) is 32.7 Å². The van der Waals surface area contributed by atoms with Crippen LogP contribution >= 0.6 is 0 Å². The lowest BCUT2D eigenvalue weighted by Crippen LogP contribution is -2.28. The van der Waals surface area contributed by atoms with Crippen LogP contribution in [0.4, 0.5) is 0 Å². The van der Waals surface area contributed by atoms with Gasteiger partial charge in [0.1, 0.15) is 0 Å². The van der Waals surface area contributed by atoms with Crippen LogP contribution in [0.2, 0.25) is 0 Å². The highest BCUT2D eigenvalue weighted by Gasteiger charge is 2.45. The summed E-state index contributed by atoms with van der Waals surface area (Å²) in [6.45, 7) is 8.36. The maximum Gasteiger partial charge on any atom is 0.0125 e. The van der Waals surface area contributed by atoms with Gasteiger partial charge in [0.25, 0.3) is 0 Å². The Bertz CT molecular complexity index is 154. The summed E-state index contributed by atoms with van der Waals surface area (Å²) in [5.41, 5.74) is 0.589. The van der Waals surface area contributed by atoms with E-state index in [1.807, 2.05) is 0 Å². The summed E-state index contributed by atoms with van der Waals surface area (Å²) in [5, 5.41) is 7.05. The molecule has 0 radical (unpaired) electrons. The SMILES string of the molecule is CC1(C)CC1NCC1CCNC1. The highest BCUT2D eigenvalue weighted by atomic mass is 15.0. The molecule has 0 spiro atoms. The van der Waals surface area contributed by atoms with Gasteiger partial charge in [-0.1, -0.05) is 13.8 Å². The predicted molar refractivity (Wildman–Crippen MR) is 51.2 cm³/mol. The lowest BCUT2D eigenvalue weighted by molar-refractivity contribution is 0.472. The van der Waals surface area contributed by atoms with Gasteiger partial charge in [0.05, 0.1) is 0 Å². The highest BCUT2D eigenvalue weighted by Crippen LogP contribution is 2.44. The number of hydrogen-bond donors (Lipinski definition) is 2. The summed E-state index contributed by atoms with van der Waals surface area (Å²) in [4.78, 5) is 0. The number of rotatable bonds is 3. The van der Waals surface area contributed by atoms with E-state index >= 15 is 0 Å². The fourth-order valence-corrected chi connectivity index (χ4v) is 2.01. The molecule has 2 nitrogen and oxygen atoms in total. The van der Waals surface area contributed by atoms with E-state index in [1.165, 1.54) is 32.5 Å². The second-order valence-corrected chi connectivity index (χ2v) is 5.01. The minimum Gasteiger partial charge on any atom is -0.316 e.